The average Bonchev–Trinajstić information content (AvgIpc) is 2.41. The lowest BCUT2D eigenvalue weighted by atomic mass is 10.1. The van der Waals surface area contributed by atoms with Crippen molar-refractivity contribution in [3.05, 3.63) is 62.6 Å². The summed E-state index contributed by atoms with van der Waals surface area (Å²) < 4.78 is 0.708. The van der Waals surface area contributed by atoms with Gasteiger partial charge in [0.05, 0.1) is 21.8 Å². The van der Waals surface area contributed by atoms with Crippen molar-refractivity contribution in [1.29, 1.82) is 0 Å². The second kappa shape index (κ2) is 6.28. The number of carboxylic acid groups (broad SMARTS) is 1. The molecule has 4 nitrogen and oxygen atoms in total. The molecule has 0 spiro atoms. The van der Waals surface area contributed by atoms with Gasteiger partial charge in [-0.15, -0.1) is 0 Å². The quantitative estimate of drug-likeness (QED) is 0.846. The molecule has 0 bridgehead atoms. The maximum atomic E-state index is 12.3. The summed E-state index contributed by atoms with van der Waals surface area (Å²) in [6.45, 7) is 1.67. The molecule has 0 heterocycles. The zero-order valence-corrected chi connectivity index (χ0v) is 13.3. The molecular weight excluding hydrogens is 358 g/mol. The Hall–Kier alpha value is -1.85. The minimum atomic E-state index is -1.09. The lowest BCUT2D eigenvalue weighted by Crippen LogP contribution is -2.16. The van der Waals surface area contributed by atoms with E-state index >= 15 is 0 Å². The third kappa shape index (κ3) is 3.43. The molecule has 108 valence electrons. The molecule has 1 amide bonds. The van der Waals surface area contributed by atoms with Gasteiger partial charge in [0.15, 0.2) is 0 Å². The van der Waals surface area contributed by atoms with Gasteiger partial charge in [-0.25, -0.2) is 4.79 Å². The number of carboxylic acids is 1. The summed E-state index contributed by atoms with van der Waals surface area (Å²) >= 11 is 9.26. The van der Waals surface area contributed by atoms with Crippen molar-refractivity contribution in [3.63, 3.8) is 0 Å². The van der Waals surface area contributed by atoms with E-state index in [9.17, 15) is 14.7 Å². The van der Waals surface area contributed by atoms with Crippen LogP contribution in [0, 0.1) is 6.92 Å². The van der Waals surface area contributed by atoms with Gasteiger partial charge in [0.2, 0.25) is 0 Å². The first-order valence-electron chi connectivity index (χ1n) is 5.99. The molecule has 0 aliphatic heterocycles. The number of benzene rings is 2. The molecule has 0 aliphatic carbocycles. The van der Waals surface area contributed by atoms with Gasteiger partial charge in [0, 0.05) is 4.47 Å². The molecule has 6 heteroatoms. The molecule has 21 heavy (non-hydrogen) atoms. The molecule has 0 radical (unpaired) electrons. The molecule has 0 aromatic heterocycles. The first-order chi connectivity index (χ1) is 9.90. The lowest BCUT2D eigenvalue weighted by molar-refractivity contribution is 0.0697. The van der Waals surface area contributed by atoms with Gasteiger partial charge in [-0.2, -0.15) is 0 Å². The van der Waals surface area contributed by atoms with Gasteiger partial charge in [-0.3, -0.25) is 4.79 Å². The summed E-state index contributed by atoms with van der Waals surface area (Å²) in [4.78, 5) is 23.6. The van der Waals surface area contributed by atoms with Crippen LogP contribution in [0.3, 0.4) is 0 Å². The standard InChI is InChI=1S/C15H11BrClNO3/c1-8-3-2-4-12(13(8)15(20)21)18-14(19)10-7-9(16)5-6-11(10)17/h2-7H,1H3,(H,18,19)(H,20,21). The Kier molecular flexibility index (Phi) is 4.65. The number of aryl methyl sites for hydroxylation is 1. The average molecular weight is 369 g/mol. The second-order valence-electron chi connectivity index (χ2n) is 4.38. The third-order valence-electron chi connectivity index (χ3n) is 2.91. The van der Waals surface area contributed by atoms with Crippen LogP contribution < -0.4 is 5.32 Å². The van der Waals surface area contributed by atoms with E-state index in [1.807, 2.05) is 0 Å². The predicted molar refractivity (Wildman–Crippen MR) is 85.2 cm³/mol. The van der Waals surface area contributed by atoms with E-state index in [0.29, 0.717) is 15.1 Å². The molecule has 0 fully saturated rings. The molecule has 2 aromatic carbocycles. The van der Waals surface area contributed by atoms with Gasteiger partial charge in [0.25, 0.3) is 5.91 Å². The van der Waals surface area contributed by atoms with E-state index in [1.165, 1.54) is 0 Å². The highest BCUT2D eigenvalue weighted by Gasteiger charge is 2.17. The molecular formula is C15H11BrClNO3. The Morgan fingerprint density at radius 3 is 2.62 bits per heavy atom. The van der Waals surface area contributed by atoms with E-state index in [2.05, 4.69) is 21.2 Å². The predicted octanol–water partition coefficient (Wildman–Crippen LogP) is 4.36. The van der Waals surface area contributed by atoms with Crippen LogP contribution in [0.4, 0.5) is 5.69 Å². The summed E-state index contributed by atoms with van der Waals surface area (Å²) in [6.07, 6.45) is 0. The van der Waals surface area contributed by atoms with Crippen molar-refractivity contribution in [1.82, 2.24) is 0 Å². The SMILES string of the molecule is Cc1cccc(NC(=O)c2cc(Br)ccc2Cl)c1C(=O)O. The van der Waals surface area contributed by atoms with Gasteiger partial charge in [0.1, 0.15) is 0 Å². The topological polar surface area (TPSA) is 66.4 Å². The van der Waals surface area contributed by atoms with Crippen LogP contribution in [-0.4, -0.2) is 17.0 Å². The zero-order valence-electron chi connectivity index (χ0n) is 11.0. The van der Waals surface area contributed by atoms with Crippen LogP contribution in [0.5, 0.6) is 0 Å². The number of hydrogen-bond acceptors (Lipinski definition) is 2. The number of aromatic carboxylic acids is 1. The van der Waals surface area contributed by atoms with Gasteiger partial charge in [-0.05, 0) is 36.8 Å². The Balaban J connectivity index is 2.39. The number of carbonyl (C=O) groups excluding carboxylic acids is 1. The van der Waals surface area contributed by atoms with Crippen LogP contribution in [0.15, 0.2) is 40.9 Å². The van der Waals surface area contributed by atoms with Crippen molar-refractivity contribution in [3.8, 4) is 0 Å². The summed E-state index contributed by atoms with van der Waals surface area (Å²) in [5.74, 6) is -1.56. The minimum Gasteiger partial charge on any atom is -0.478 e. The van der Waals surface area contributed by atoms with E-state index in [0.717, 1.165) is 0 Å². The van der Waals surface area contributed by atoms with Crippen molar-refractivity contribution < 1.29 is 14.7 Å². The fraction of sp³-hybridized carbons (Fsp3) is 0.0667. The van der Waals surface area contributed by atoms with Crippen molar-refractivity contribution in [2.75, 3.05) is 5.32 Å². The fourth-order valence-corrected chi connectivity index (χ4v) is 2.48. The minimum absolute atomic E-state index is 0.0666. The third-order valence-corrected chi connectivity index (χ3v) is 3.73. The normalized spacial score (nSPS) is 10.2. The maximum absolute atomic E-state index is 12.3. The molecule has 2 aromatic rings. The van der Waals surface area contributed by atoms with Gasteiger partial charge in [-0.1, -0.05) is 39.7 Å². The fourth-order valence-electron chi connectivity index (χ4n) is 1.92. The first-order valence-corrected chi connectivity index (χ1v) is 7.16. The highest BCUT2D eigenvalue weighted by Crippen LogP contribution is 2.24. The van der Waals surface area contributed by atoms with Crippen molar-refractivity contribution in [2.45, 2.75) is 6.92 Å². The van der Waals surface area contributed by atoms with Crippen LogP contribution >= 0.6 is 27.5 Å². The van der Waals surface area contributed by atoms with Gasteiger partial charge >= 0.3 is 5.97 Å². The highest BCUT2D eigenvalue weighted by molar-refractivity contribution is 9.10. The largest absolute Gasteiger partial charge is 0.478 e. The van der Waals surface area contributed by atoms with Crippen LogP contribution in [0.1, 0.15) is 26.3 Å². The van der Waals surface area contributed by atoms with Gasteiger partial charge < -0.3 is 10.4 Å². The molecule has 2 N–H and O–H groups in total. The summed E-state index contributed by atoms with van der Waals surface area (Å²) in [5, 5.41) is 12.1. The maximum Gasteiger partial charge on any atom is 0.338 e. The van der Waals surface area contributed by atoms with Crippen LogP contribution in [0.25, 0.3) is 0 Å². The number of hydrogen-bond donors (Lipinski definition) is 2. The smallest absolute Gasteiger partial charge is 0.338 e. The number of rotatable bonds is 3. The van der Waals surface area contributed by atoms with Crippen LogP contribution in [-0.2, 0) is 0 Å². The molecule has 0 unspecified atom stereocenters. The number of amides is 1. The number of nitrogens with one attached hydrogen (secondary N) is 1. The Labute approximate surface area is 134 Å². The van der Waals surface area contributed by atoms with E-state index in [-0.39, 0.29) is 16.8 Å². The van der Waals surface area contributed by atoms with Crippen molar-refractivity contribution in [2.24, 2.45) is 0 Å². The zero-order chi connectivity index (χ0) is 15.6. The summed E-state index contributed by atoms with van der Waals surface area (Å²) in [7, 11) is 0. The monoisotopic (exact) mass is 367 g/mol. The first kappa shape index (κ1) is 15.5. The van der Waals surface area contributed by atoms with Crippen LogP contribution in [0.2, 0.25) is 5.02 Å². The lowest BCUT2D eigenvalue weighted by Gasteiger charge is -2.11. The Bertz CT molecular complexity index is 731. The molecule has 0 atom stereocenters. The molecule has 0 aliphatic rings. The van der Waals surface area contributed by atoms with E-state index < -0.39 is 11.9 Å². The second-order valence-corrected chi connectivity index (χ2v) is 5.70. The summed E-state index contributed by atoms with van der Waals surface area (Å²) in [6, 6.07) is 9.78. The van der Waals surface area contributed by atoms with E-state index in [4.69, 9.17) is 11.6 Å². The highest BCUT2D eigenvalue weighted by atomic mass is 79.9. The molecule has 0 saturated heterocycles. The number of halogens is 2. The summed E-state index contributed by atoms with van der Waals surface area (Å²) in [5.41, 5.74) is 1.14. The van der Waals surface area contributed by atoms with Crippen molar-refractivity contribution >= 4 is 45.1 Å². The number of anilines is 1. The Morgan fingerprint density at radius 2 is 1.95 bits per heavy atom. The Morgan fingerprint density at radius 1 is 1.24 bits per heavy atom. The van der Waals surface area contributed by atoms with E-state index in [1.54, 1.807) is 43.3 Å². The number of carbonyl (C=O) groups is 2. The molecule has 2 rings (SSSR count). The molecule has 0 saturated carbocycles.